The van der Waals surface area contributed by atoms with E-state index in [0.29, 0.717) is 23.7 Å². The number of carbonyl (C=O) groups excluding carboxylic acids is 3. The Morgan fingerprint density at radius 1 is 1.12 bits per heavy atom. The minimum atomic E-state index is -0.487. The number of fused-ring (bicyclic) bond motifs is 1. The summed E-state index contributed by atoms with van der Waals surface area (Å²) >= 11 is 0. The Kier molecular flexibility index (Phi) is 6.54. The van der Waals surface area contributed by atoms with Gasteiger partial charge in [-0.3, -0.25) is 14.4 Å². The van der Waals surface area contributed by atoms with Gasteiger partial charge >= 0.3 is 0 Å². The molecule has 2 aliphatic rings. The highest BCUT2D eigenvalue weighted by atomic mass is 16.5. The first-order chi connectivity index (χ1) is 11.7. The van der Waals surface area contributed by atoms with Crippen molar-refractivity contribution < 1.29 is 19.1 Å². The van der Waals surface area contributed by atoms with E-state index in [1.165, 1.54) is 7.11 Å². The van der Waals surface area contributed by atoms with Crippen LogP contribution in [-0.4, -0.2) is 49.4 Å². The van der Waals surface area contributed by atoms with Crippen molar-refractivity contribution in [3.63, 3.8) is 0 Å². The minimum absolute atomic E-state index is 0.0644. The summed E-state index contributed by atoms with van der Waals surface area (Å²) < 4.78 is 3.86. The van der Waals surface area contributed by atoms with Crippen LogP contribution in [0.15, 0.2) is 0 Å². The molecule has 1 aliphatic carbocycles. The molecule has 0 aromatic carbocycles. The fourth-order valence-electron chi connectivity index (χ4n) is 3.49. The Balaban J connectivity index is 0.000000765. The van der Waals surface area contributed by atoms with Crippen LogP contribution >= 0.6 is 0 Å². The lowest BCUT2D eigenvalue weighted by molar-refractivity contribution is -0.141. The molecule has 6 heteroatoms. The lowest BCUT2D eigenvalue weighted by Crippen LogP contribution is -2.56. The van der Waals surface area contributed by atoms with Crippen LogP contribution in [0.2, 0.25) is 0 Å². The van der Waals surface area contributed by atoms with Crippen LogP contribution in [0, 0.1) is 28.1 Å². The molecule has 2 fully saturated rings. The summed E-state index contributed by atoms with van der Waals surface area (Å²) in [6.07, 6.45) is 0. The summed E-state index contributed by atoms with van der Waals surface area (Å²) in [4.78, 5) is 36.2. The Morgan fingerprint density at radius 2 is 1.54 bits per heavy atom. The molecule has 0 spiro atoms. The van der Waals surface area contributed by atoms with Crippen LogP contribution in [0.4, 0.5) is 0 Å². The van der Waals surface area contributed by atoms with Crippen molar-refractivity contribution in [2.75, 3.05) is 20.2 Å². The zero-order valence-corrected chi connectivity index (χ0v) is 17.8. The van der Waals surface area contributed by atoms with E-state index in [0.717, 1.165) is 13.1 Å². The van der Waals surface area contributed by atoms with Gasteiger partial charge in [0, 0.05) is 18.5 Å². The first kappa shape index (κ1) is 22.5. The molecule has 1 N–H and O–H groups in total. The zero-order chi connectivity index (χ0) is 20.5. The largest absolute Gasteiger partial charge is 0.471 e. The normalized spacial score (nSPS) is 24.6. The van der Waals surface area contributed by atoms with E-state index in [4.69, 9.17) is 4.79 Å². The molecule has 0 radical (unpaired) electrons. The highest BCUT2D eigenvalue weighted by molar-refractivity contribution is 5.90. The van der Waals surface area contributed by atoms with Gasteiger partial charge in [-0.1, -0.05) is 55.4 Å². The molecule has 0 aromatic rings. The molecular formula is C20H36N2O4. The van der Waals surface area contributed by atoms with Gasteiger partial charge < -0.3 is 15.0 Å². The van der Waals surface area contributed by atoms with E-state index >= 15 is 0 Å². The Hall–Kier alpha value is -1.59. The molecule has 3 unspecified atom stereocenters. The smallest absolute Gasteiger partial charge is 0.292 e. The predicted octanol–water partition coefficient (Wildman–Crippen LogP) is 2.47. The maximum Gasteiger partial charge on any atom is 0.292 e. The first-order valence-electron chi connectivity index (χ1n) is 9.24. The van der Waals surface area contributed by atoms with Gasteiger partial charge in [0.1, 0.15) is 6.04 Å². The quantitative estimate of drug-likeness (QED) is 0.777. The van der Waals surface area contributed by atoms with Crippen LogP contribution < -0.4 is 5.32 Å². The van der Waals surface area contributed by atoms with Crippen LogP contribution in [0.25, 0.3) is 0 Å². The van der Waals surface area contributed by atoms with E-state index in [-0.39, 0.29) is 17.2 Å². The highest BCUT2D eigenvalue weighted by Crippen LogP contribution is 2.62. The van der Waals surface area contributed by atoms with E-state index in [1.54, 1.807) is 0 Å². The van der Waals surface area contributed by atoms with Crippen molar-refractivity contribution in [1.29, 1.82) is 0 Å². The number of hydrogen-bond acceptors (Lipinski definition) is 4. The van der Waals surface area contributed by atoms with E-state index in [1.807, 2.05) is 46.4 Å². The fraction of sp³-hybridized carbons (Fsp3) is 0.850. The molecule has 26 heavy (non-hydrogen) atoms. The van der Waals surface area contributed by atoms with Crippen molar-refractivity contribution in [2.24, 2.45) is 28.1 Å². The number of rotatable bonds is 3. The fourth-order valence-corrected chi connectivity index (χ4v) is 3.49. The number of carbonyl (C=O) groups is 3. The summed E-state index contributed by atoms with van der Waals surface area (Å²) in [6.45, 7) is 18.3. The third kappa shape index (κ3) is 4.98. The molecule has 2 rings (SSSR count). The zero-order valence-electron chi connectivity index (χ0n) is 17.8. The number of nitrogens with one attached hydrogen (secondary N) is 1. The third-order valence-corrected chi connectivity index (χ3v) is 5.60. The molecule has 150 valence electrons. The van der Waals surface area contributed by atoms with Gasteiger partial charge in [-0.15, -0.1) is 0 Å². The molecule has 2 amide bonds. The summed E-state index contributed by atoms with van der Waals surface area (Å²) in [5.74, 6) is 1.28. The first-order valence-corrected chi connectivity index (χ1v) is 9.24. The third-order valence-electron chi connectivity index (χ3n) is 5.60. The average molecular weight is 369 g/mol. The maximum atomic E-state index is 12.9. The molecule has 1 saturated heterocycles. The van der Waals surface area contributed by atoms with Crippen molar-refractivity contribution in [3.8, 4) is 0 Å². The number of hydrogen-bond donors (Lipinski definition) is 1. The van der Waals surface area contributed by atoms with Gasteiger partial charge in [-0.25, -0.2) is 0 Å². The molecule has 1 saturated carbocycles. The molecule has 0 bridgehead atoms. The van der Waals surface area contributed by atoms with E-state index in [9.17, 15) is 9.59 Å². The second-order valence-electron chi connectivity index (χ2n) is 10.1. The van der Waals surface area contributed by atoms with E-state index < -0.39 is 11.5 Å². The van der Waals surface area contributed by atoms with Crippen LogP contribution in [0.3, 0.4) is 0 Å². The lowest BCUT2D eigenvalue weighted by atomic mass is 9.84. The van der Waals surface area contributed by atoms with E-state index in [2.05, 4.69) is 23.9 Å². The summed E-state index contributed by atoms with van der Waals surface area (Å²) in [5, 5.41) is 2.99. The number of amides is 2. The van der Waals surface area contributed by atoms with Crippen molar-refractivity contribution in [1.82, 2.24) is 10.2 Å². The van der Waals surface area contributed by atoms with Gasteiger partial charge in [-0.2, -0.15) is 0 Å². The maximum absolute atomic E-state index is 12.9. The number of ether oxygens (including phenoxy) is 1. The van der Waals surface area contributed by atoms with Crippen LogP contribution in [0.5, 0.6) is 0 Å². The predicted molar refractivity (Wildman–Crippen MR) is 101 cm³/mol. The topological polar surface area (TPSA) is 75.7 Å². The van der Waals surface area contributed by atoms with Crippen molar-refractivity contribution in [2.45, 2.75) is 61.4 Å². The molecule has 6 nitrogen and oxygen atoms in total. The average Bonchev–Trinajstić information content (AvgIpc) is 2.89. The Labute approximate surface area is 158 Å². The summed E-state index contributed by atoms with van der Waals surface area (Å²) in [7, 11) is 1.31. The lowest BCUT2D eigenvalue weighted by Gasteiger charge is -2.36. The molecule has 1 aliphatic heterocycles. The number of piperidine rings is 1. The van der Waals surface area contributed by atoms with Gasteiger partial charge in [0.15, 0.2) is 0 Å². The number of likely N-dealkylation sites (tertiary alicyclic amines) is 1. The number of nitrogens with zero attached hydrogens (tertiary/aromatic N) is 1. The van der Waals surface area contributed by atoms with Gasteiger partial charge in [-0.05, 0) is 22.7 Å². The molecular weight excluding hydrogens is 332 g/mol. The minimum Gasteiger partial charge on any atom is -0.471 e. The number of methoxy groups -OCH3 is 1. The van der Waals surface area contributed by atoms with Crippen LogP contribution in [-0.2, 0) is 19.1 Å². The standard InChI is InChI=1S/C18H32N2O2.C2H4O2/c1-16(2,3)13(19-15(22)17(4,5)6)14(21)20-9-11-12(10-20)18(11,7)8;1-4-2-3/h11-13H,9-10H2,1-8H3,(H,19,22);2H,1H3. The second kappa shape index (κ2) is 7.57. The Bertz CT molecular complexity index is 529. The molecule has 0 aromatic heterocycles. The summed E-state index contributed by atoms with van der Waals surface area (Å²) in [6, 6.07) is -0.458. The van der Waals surface area contributed by atoms with Crippen molar-refractivity contribution in [3.05, 3.63) is 0 Å². The van der Waals surface area contributed by atoms with Gasteiger partial charge in [0.05, 0.1) is 7.11 Å². The monoisotopic (exact) mass is 368 g/mol. The second-order valence-corrected chi connectivity index (χ2v) is 10.1. The highest BCUT2D eigenvalue weighted by Gasteiger charge is 2.63. The van der Waals surface area contributed by atoms with Crippen molar-refractivity contribution >= 4 is 18.3 Å². The summed E-state index contributed by atoms with van der Waals surface area (Å²) in [5.41, 5.74) is -0.387. The molecule has 1 heterocycles. The van der Waals surface area contributed by atoms with Crippen LogP contribution in [0.1, 0.15) is 55.4 Å². The SMILES string of the molecule is CC(C)(C)C(=O)NC(C(=O)N1CC2C(C1)C2(C)C)C(C)(C)C.COC=O. The molecule has 3 atom stereocenters. The van der Waals surface area contributed by atoms with Gasteiger partial charge in [0.2, 0.25) is 11.8 Å². The van der Waals surface area contributed by atoms with Gasteiger partial charge in [0.25, 0.3) is 6.47 Å². The Morgan fingerprint density at radius 3 is 1.85 bits per heavy atom.